The molecule has 0 fully saturated rings. The van der Waals surface area contributed by atoms with E-state index in [9.17, 15) is 21.6 Å². The molecule has 0 unspecified atom stereocenters. The van der Waals surface area contributed by atoms with Crippen LogP contribution in [-0.2, 0) is 16.0 Å². The van der Waals surface area contributed by atoms with E-state index in [1.807, 2.05) is 0 Å². The van der Waals surface area contributed by atoms with Crippen molar-refractivity contribution in [3.05, 3.63) is 34.1 Å². The van der Waals surface area contributed by atoms with Gasteiger partial charge < -0.3 is 0 Å². The summed E-state index contributed by atoms with van der Waals surface area (Å²) < 4.78 is 61.7. The van der Waals surface area contributed by atoms with Gasteiger partial charge in [-0.25, -0.2) is 18.1 Å². The molecule has 0 atom stereocenters. The lowest BCUT2D eigenvalue weighted by Crippen LogP contribution is -2.12. The molecular formula is C10H6Cl2F3N3O2S. The second kappa shape index (κ2) is 5.15. The lowest BCUT2D eigenvalue weighted by Gasteiger charge is -2.10. The van der Waals surface area contributed by atoms with Crippen molar-refractivity contribution in [3.63, 3.8) is 0 Å². The SMILES string of the molecule is CS(=O)(=O)c1c(Cl)cnn1-c1ncc(C(F)(F)F)cc1Cl. The number of aromatic nitrogens is 3. The van der Waals surface area contributed by atoms with Gasteiger partial charge in [0.2, 0.25) is 0 Å². The lowest BCUT2D eigenvalue weighted by atomic mass is 10.3. The Kier molecular flexibility index (Phi) is 3.94. The lowest BCUT2D eigenvalue weighted by molar-refractivity contribution is -0.137. The third kappa shape index (κ3) is 3.14. The molecule has 0 saturated heterocycles. The number of hydrogen-bond donors (Lipinski definition) is 0. The van der Waals surface area contributed by atoms with Gasteiger partial charge in [-0.2, -0.15) is 18.3 Å². The average molecular weight is 360 g/mol. The highest BCUT2D eigenvalue weighted by Gasteiger charge is 2.32. The maximum absolute atomic E-state index is 12.5. The third-order valence-corrected chi connectivity index (χ3v) is 4.15. The summed E-state index contributed by atoms with van der Waals surface area (Å²) in [4.78, 5) is 3.53. The number of halogens is 5. The van der Waals surface area contributed by atoms with Crippen LogP contribution in [0.4, 0.5) is 13.2 Å². The van der Waals surface area contributed by atoms with E-state index in [4.69, 9.17) is 23.2 Å². The zero-order valence-electron chi connectivity index (χ0n) is 10.2. The molecule has 21 heavy (non-hydrogen) atoms. The van der Waals surface area contributed by atoms with Crippen LogP contribution in [0.1, 0.15) is 5.56 Å². The first-order chi connectivity index (χ1) is 9.51. The smallest absolute Gasteiger partial charge is 0.235 e. The molecule has 5 nitrogen and oxygen atoms in total. The highest BCUT2D eigenvalue weighted by molar-refractivity contribution is 7.90. The molecule has 2 aromatic heterocycles. The van der Waals surface area contributed by atoms with Gasteiger partial charge >= 0.3 is 6.18 Å². The van der Waals surface area contributed by atoms with Crippen LogP contribution in [0, 0.1) is 0 Å². The van der Waals surface area contributed by atoms with E-state index in [-0.39, 0.29) is 10.8 Å². The highest BCUT2D eigenvalue weighted by Crippen LogP contribution is 2.33. The molecule has 0 bridgehead atoms. The van der Waals surface area contributed by atoms with E-state index < -0.39 is 31.6 Å². The van der Waals surface area contributed by atoms with Gasteiger partial charge in [0.1, 0.15) is 0 Å². The van der Waals surface area contributed by atoms with Gasteiger partial charge in [-0.05, 0) is 6.07 Å². The number of hydrogen-bond acceptors (Lipinski definition) is 4. The van der Waals surface area contributed by atoms with E-state index in [2.05, 4.69) is 10.1 Å². The van der Waals surface area contributed by atoms with E-state index in [0.29, 0.717) is 12.3 Å². The molecule has 2 heterocycles. The molecule has 0 N–H and O–H groups in total. The van der Waals surface area contributed by atoms with Crippen LogP contribution < -0.4 is 0 Å². The summed E-state index contributed by atoms with van der Waals surface area (Å²) in [6, 6.07) is 0.630. The minimum absolute atomic E-state index is 0.185. The maximum atomic E-state index is 12.5. The molecule has 0 aliphatic heterocycles. The first-order valence-electron chi connectivity index (χ1n) is 5.18. The average Bonchev–Trinajstić information content (AvgIpc) is 2.69. The second-order valence-electron chi connectivity index (χ2n) is 4.01. The minimum Gasteiger partial charge on any atom is -0.235 e. The maximum Gasteiger partial charge on any atom is 0.417 e. The Morgan fingerprint density at radius 3 is 2.29 bits per heavy atom. The van der Waals surface area contributed by atoms with Gasteiger partial charge in [-0.15, -0.1) is 0 Å². The van der Waals surface area contributed by atoms with Crippen LogP contribution in [0.25, 0.3) is 5.82 Å². The Hall–Kier alpha value is -1.32. The van der Waals surface area contributed by atoms with Gasteiger partial charge in [-0.3, -0.25) is 0 Å². The fourth-order valence-electron chi connectivity index (χ4n) is 1.54. The molecule has 11 heteroatoms. The summed E-state index contributed by atoms with van der Waals surface area (Å²) >= 11 is 11.5. The molecule has 0 aliphatic rings. The number of alkyl halides is 3. The molecule has 2 aromatic rings. The van der Waals surface area contributed by atoms with Crippen LogP contribution >= 0.6 is 23.2 Å². The summed E-state index contributed by atoms with van der Waals surface area (Å²) in [5.74, 6) is -0.267. The quantitative estimate of drug-likeness (QED) is 0.826. The monoisotopic (exact) mass is 359 g/mol. The van der Waals surface area contributed by atoms with Crippen molar-refractivity contribution in [3.8, 4) is 5.82 Å². The predicted molar refractivity (Wildman–Crippen MR) is 69.5 cm³/mol. The van der Waals surface area contributed by atoms with Gasteiger partial charge in [0, 0.05) is 12.5 Å². The van der Waals surface area contributed by atoms with Gasteiger partial charge in [0.25, 0.3) is 0 Å². The highest BCUT2D eigenvalue weighted by atomic mass is 35.5. The van der Waals surface area contributed by atoms with E-state index in [0.717, 1.165) is 17.1 Å². The number of nitrogens with zero attached hydrogens (tertiary/aromatic N) is 3. The standard InChI is InChI=1S/C10H6Cl2F3N3O2S/c1-21(19,20)9-7(12)4-17-18(9)8-6(11)2-5(3-16-8)10(13,14)15/h2-4H,1H3. The topological polar surface area (TPSA) is 64.8 Å². The molecule has 114 valence electrons. The zero-order valence-corrected chi connectivity index (χ0v) is 12.5. The van der Waals surface area contributed by atoms with Crippen LogP contribution in [0.5, 0.6) is 0 Å². The summed E-state index contributed by atoms with van der Waals surface area (Å²) in [6.45, 7) is 0. The fraction of sp³-hybridized carbons (Fsp3) is 0.200. The van der Waals surface area contributed by atoms with E-state index in [1.54, 1.807) is 0 Å². The summed E-state index contributed by atoms with van der Waals surface area (Å²) in [7, 11) is -3.78. The number of sulfone groups is 1. The predicted octanol–water partition coefficient (Wildman–Crippen LogP) is 3.00. The molecule has 0 aliphatic carbocycles. The van der Waals surface area contributed by atoms with Crippen molar-refractivity contribution in [1.82, 2.24) is 14.8 Å². The Balaban J connectivity index is 2.65. The van der Waals surface area contributed by atoms with Crippen LogP contribution in [0.2, 0.25) is 10.0 Å². The molecule has 0 spiro atoms. The van der Waals surface area contributed by atoms with Gasteiger partial charge in [-0.1, -0.05) is 23.2 Å². The van der Waals surface area contributed by atoms with Crippen molar-refractivity contribution >= 4 is 33.0 Å². The first kappa shape index (κ1) is 16.1. The van der Waals surface area contributed by atoms with Gasteiger partial charge in [0.15, 0.2) is 20.7 Å². The zero-order chi connectivity index (χ0) is 16.0. The number of rotatable bonds is 2. The fourth-order valence-corrected chi connectivity index (χ4v) is 3.19. The summed E-state index contributed by atoms with van der Waals surface area (Å²) in [6.07, 6.45) is -2.17. The third-order valence-electron chi connectivity index (χ3n) is 2.38. The Bertz CT molecular complexity index is 802. The Morgan fingerprint density at radius 2 is 1.81 bits per heavy atom. The minimum atomic E-state index is -4.61. The van der Waals surface area contributed by atoms with Crippen molar-refractivity contribution in [2.45, 2.75) is 11.2 Å². The first-order valence-corrected chi connectivity index (χ1v) is 7.83. The molecular weight excluding hydrogens is 354 g/mol. The Labute approximate surface area is 127 Å². The van der Waals surface area contributed by atoms with Crippen LogP contribution in [0.15, 0.2) is 23.5 Å². The van der Waals surface area contributed by atoms with Crippen molar-refractivity contribution in [2.24, 2.45) is 0 Å². The van der Waals surface area contributed by atoms with E-state index in [1.165, 1.54) is 0 Å². The molecule has 2 rings (SSSR count). The van der Waals surface area contributed by atoms with Crippen LogP contribution in [-0.4, -0.2) is 29.4 Å². The number of pyridine rings is 1. The summed E-state index contributed by atoms with van der Waals surface area (Å²) in [5.41, 5.74) is -1.06. The van der Waals surface area contributed by atoms with Crippen molar-refractivity contribution in [1.29, 1.82) is 0 Å². The molecule has 0 amide bonds. The van der Waals surface area contributed by atoms with Gasteiger partial charge in [0.05, 0.1) is 21.8 Å². The van der Waals surface area contributed by atoms with E-state index >= 15 is 0 Å². The Morgan fingerprint density at radius 1 is 1.19 bits per heavy atom. The largest absolute Gasteiger partial charge is 0.417 e. The molecule has 0 saturated carbocycles. The summed E-state index contributed by atoms with van der Waals surface area (Å²) in [5, 5.41) is 2.69. The van der Waals surface area contributed by atoms with Crippen molar-refractivity contribution in [2.75, 3.05) is 6.26 Å². The molecule has 0 radical (unpaired) electrons. The normalized spacial score (nSPS) is 12.7. The van der Waals surface area contributed by atoms with Crippen LogP contribution in [0.3, 0.4) is 0 Å². The second-order valence-corrected chi connectivity index (χ2v) is 6.75. The van der Waals surface area contributed by atoms with Crippen molar-refractivity contribution < 1.29 is 21.6 Å². The molecule has 0 aromatic carbocycles.